The molecule has 1 amide bonds. The van der Waals surface area contributed by atoms with Crippen LogP contribution in [0.3, 0.4) is 0 Å². The van der Waals surface area contributed by atoms with Gasteiger partial charge in [0.2, 0.25) is 5.82 Å². The molecule has 2 heterocycles. The molecule has 1 saturated heterocycles. The fourth-order valence-corrected chi connectivity index (χ4v) is 2.69. The minimum atomic E-state index is -0.446. The van der Waals surface area contributed by atoms with Gasteiger partial charge in [-0.2, -0.15) is 0 Å². The Morgan fingerprint density at radius 2 is 1.62 bits per heavy atom. The van der Waals surface area contributed by atoms with Gasteiger partial charge in [-0.05, 0) is 12.1 Å². The highest BCUT2D eigenvalue weighted by molar-refractivity contribution is 5.91. The van der Waals surface area contributed by atoms with Crippen molar-refractivity contribution in [3.8, 4) is 17.1 Å². The average Bonchev–Trinajstić information content (AvgIpc) is 3.05. The maximum absolute atomic E-state index is 12.5. The molecule has 0 aliphatic carbocycles. The number of likely N-dealkylation sites (tertiary alicyclic amines) is 1. The van der Waals surface area contributed by atoms with E-state index in [2.05, 4.69) is 10.1 Å². The van der Waals surface area contributed by atoms with Crippen LogP contribution in [-0.4, -0.2) is 49.9 Å². The number of benzene rings is 2. The van der Waals surface area contributed by atoms with E-state index in [1.165, 1.54) is 0 Å². The van der Waals surface area contributed by atoms with E-state index in [1.807, 2.05) is 60.7 Å². The van der Waals surface area contributed by atoms with Gasteiger partial charge in [-0.25, -0.2) is 9.67 Å². The molecule has 1 N–H and O–H groups in total. The van der Waals surface area contributed by atoms with Crippen molar-refractivity contribution in [3.05, 3.63) is 66.5 Å². The van der Waals surface area contributed by atoms with Crippen molar-refractivity contribution in [2.75, 3.05) is 13.1 Å². The molecule has 120 valence electrons. The molecular weight excluding hydrogens is 304 g/mol. The second-order valence-corrected chi connectivity index (χ2v) is 5.74. The Kier molecular flexibility index (Phi) is 3.59. The van der Waals surface area contributed by atoms with Crippen LogP contribution in [0.15, 0.2) is 60.7 Å². The quantitative estimate of drug-likeness (QED) is 0.798. The summed E-state index contributed by atoms with van der Waals surface area (Å²) in [5, 5.41) is 13.8. The van der Waals surface area contributed by atoms with Crippen LogP contribution >= 0.6 is 0 Å². The molecule has 0 spiro atoms. The van der Waals surface area contributed by atoms with E-state index >= 15 is 0 Å². The summed E-state index contributed by atoms with van der Waals surface area (Å²) in [6, 6.07) is 19.2. The SMILES string of the molecule is O=C(c1nc(-c2ccccc2)n(-c2ccccc2)n1)N1CC(O)C1. The zero-order valence-electron chi connectivity index (χ0n) is 12.9. The number of nitrogens with zero attached hydrogens (tertiary/aromatic N) is 4. The van der Waals surface area contributed by atoms with E-state index in [0.717, 1.165) is 11.3 Å². The third-order valence-corrected chi connectivity index (χ3v) is 3.98. The highest BCUT2D eigenvalue weighted by Gasteiger charge is 2.32. The first kappa shape index (κ1) is 14.6. The van der Waals surface area contributed by atoms with Crippen LogP contribution in [0, 0.1) is 0 Å². The Balaban J connectivity index is 1.78. The van der Waals surface area contributed by atoms with Crippen molar-refractivity contribution >= 4 is 5.91 Å². The molecule has 1 aliphatic heterocycles. The molecule has 0 atom stereocenters. The molecule has 3 aromatic rings. The molecule has 24 heavy (non-hydrogen) atoms. The molecular formula is C18H16N4O2. The molecule has 1 aromatic heterocycles. The minimum Gasteiger partial charge on any atom is -0.389 e. The summed E-state index contributed by atoms with van der Waals surface area (Å²) < 4.78 is 1.68. The zero-order chi connectivity index (χ0) is 16.5. The maximum Gasteiger partial charge on any atom is 0.293 e. The Morgan fingerprint density at radius 3 is 2.25 bits per heavy atom. The number of β-amino-alcohol motifs (C(OH)–C–C–N with tert-alkyl or cyclic N) is 1. The predicted molar refractivity (Wildman–Crippen MR) is 88.7 cm³/mol. The van der Waals surface area contributed by atoms with Crippen LogP contribution in [0.2, 0.25) is 0 Å². The van der Waals surface area contributed by atoms with Crippen LogP contribution in [0.4, 0.5) is 0 Å². The first-order chi connectivity index (χ1) is 11.7. The lowest BCUT2D eigenvalue weighted by Gasteiger charge is -2.34. The summed E-state index contributed by atoms with van der Waals surface area (Å²) in [5.74, 6) is 0.503. The minimum absolute atomic E-state index is 0.143. The Hall–Kier alpha value is -2.99. The lowest BCUT2D eigenvalue weighted by Crippen LogP contribution is -2.53. The Labute approximate surface area is 139 Å². The van der Waals surface area contributed by atoms with Gasteiger partial charge in [-0.3, -0.25) is 4.79 Å². The highest BCUT2D eigenvalue weighted by atomic mass is 16.3. The van der Waals surface area contributed by atoms with Crippen molar-refractivity contribution in [1.29, 1.82) is 0 Å². The largest absolute Gasteiger partial charge is 0.389 e. The molecule has 2 aromatic carbocycles. The predicted octanol–water partition coefficient (Wildman–Crippen LogP) is 1.75. The normalized spacial score (nSPS) is 14.5. The number of hydrogen-bond donors (Lipinski definition) is 1. The van der Waals surface area contributed by atoms with Gasteiger partial charge in [-0.15, -0.1) is 5.10 Å². The summed E-state index contributed by atoms with van der Waals surface area (Å²) in [7, 11) is 0. The number of carbonyl (C=O) groups excluding carboxylic acids is 1. The second-order valence-electron chi connectivity index (χ2n) is 5.74. The van der Waals surface area contributed by atoms with Gasteiger partial charge in [0.05, 0.1) is 11.8 Å². The van der Waals surface area contributed by atoms with Gasteiger partial charge in [0.15, 0.2) is 5.82 Å². The van der Waals surface area contributed by atoms with E-state index in [1.54, 1.807) is 9.58 Å². The third kappa shape index (κ3) is 2.57. The number of amides is 1. The summed E-state index contributed by atoms with van der Waals surface area (Å²) in [4.78, 5) is 18.5. The fourth-order valence-electron chi connectivity index (χ4n) is 2.69. The van der Waals surface area contributed by atoms with Gasteiger partial charge in [-0.1, -0.05) is 48.5 Å². The highest BCUT2D eigenvalue weighted by Crippen LogP contribution is 2.22. The van der Waals surface area contributed by atoms with Crippen LogP contribution in [0.25, 0.3) is 17.1 Å². The first-order valence-electron chi connectivity index (χ1n) is 7.77. The maximum atomic E-state index is 12.5. The van der Waals surface area contributed by atoms with Gasteiger partial charge >= 0.3 is 0 Å². The van der Waals surface area contributed by atoms with Gasteiger partial charge in [0, 0.05) is 18.7 Å². The smallest absolute Gasteiger partial charge is 0.293 e. The zero-order valence-corrected chi connectivity index (χ0v) is 12.9. The first-order valence-corrected chi connectivity index (χ1v) is 7.77. The van der Waals surface area contributed by atoms with Gasteiger partial charge < -0.3 is 10.0 Å². The molecule has 0 bridgehead atoms. The summed E-state index contributed by atoms with van der Waals surface area (Å²) in [6.45, 7) is 0.665. The molecule has 0 radical (unpaired) electrons. The number of aliphatic hydroxyl groups excluding tert-OH is 1. The molecule has 6 nitrogen and oxygen atoms in total. The van der Waals surface area contributed by atoms with Crippen LogP contribution in [-0.2, 0) is 0 Å². The molecule has 4 rings (SSSR count). The Morgan fingerprint density at radius 1 is 1.00 bits per heavy atom. The second kappa shape index (κ2) is 5.90. The summed E-state index contributed by atoms with van der Waals surface area (Å²) in [6.07, 6.45) is -0.446. The van der Waals surface area contributed by atoms with E-state index in [0.29, 0.717) is 18.9 Å². The van der Waals surface area contributed by atoms with Crippen LogP contribution in [0.5, 0.6) is 0 Å². The number of hydrogen-bond acceptors (Lipinski definition) is 4. The number of aliphatic hydroxyl groups is 1. The number of para-hydroxylation sites is 1. The van der Waals surface area contributed by atoms with E-state index in [-0.39, 0.29) is 11.7 Å². The van der Waals surface area contributed by atoms with Crippen molar-refractivity contribution in [2.45, 2.75) is 6.10 Å². The van der Waals surface area contributed by atoms with E-state index in [4.69, 9.17) is 0 Å². The monoisotopic (exact) mass is 320 g/mol. The van der Waals surface area contributed by atoms with E-state index < -0.39 is 6.10 Å². The molecule has 6 heteroatoms. The molecule has 1 aliphatic rings. The lowest BCUT2D eigenvalue weighted by molar-refractivity contribution is 0.00509. The third-order valence-electron chi connectivity index (χ3n) is 3.98. The van der Waals surface area contributed by atoms with Crippen molar-refractivity contribution in [3.63, 3.8) is 0 Å². The van der Waals surface area contributed by atoms with Crippen molar-refractivity contribution in [2.24, 2.45) is 0 Å². The number of carbonyl (C=O) groups is 1. The van der Waals surface area contributed by atoms with Crippen LogP contribution < -0.4 is 0 Å². The van der Waals surface area contributed by atoms with Crippen molar-refractivity contribution in [1.82, 2.24) is 19.7 Å². The van der Waals surface area contributed by atoms with Gasteiger partial charge in [0.1, 0.15) is 0 Å². The average molecular weight is 320 g/mol. The number of aromatic nitrogens is 3. The molecule has 1 fully saturated rings. The lowest BCUT2D eigenvalue weighted by atomic mass is 10.1. The molecule has 0 saturated carbocycles. The number of rotatable bonds is 3. The Bertz CT molecular complexity index is 798. The van der Waals surface area contributed by atoms with Crippen molar-refractivity contribution < 1.29 is 9.90 Å². The van der Waals surface area contributed by atoms with E-state index in [9.17, 15) is 9.90 Å². The standard InChI is InChI=1S/C18H16N4O2/c23-15-11-21(12-15)18(24)16-19-17(13-7-3-1-4-8-13)22(20-16)14-9-5-2-6-10-14/h1-10,15,23H,11-12H2. The summed E-state index contributed by atoms with van der Waals surface area (Å²) in [5.41, 5.74) is 1.73. The molecule has 0 unspecified atom stereocenters. The van der Waals surface area contributed by atoms with Gasteiger partial charge in [0.25, 0.3) is 5.91 Å². The van der Waals surface area contributed by atoms with Crippen LogP contribution in [0.1, 0.15) is 10.6 Å². The summed E-state index contributed by atoms with van der Waals surface area (Å²) >= 11 is 0. The fraction of sp³-hybridized carbons (Fsp3) is 0.167. The topological polar surface area (TPSA) is 71.2 Å².